The van der Waals surface area contributed by atoms with E-state index in [9.17, 15) is 19.5 Å². The summed E-state index contributed by atoms with van der Waals surface area (Å²) in [5, 5.41) is 10.9. The van der Waals surface area contributed by atoms with Crippen LogP contribution in [0.5, 0.6) is 0 Å². The van der Waals surface area contributed by atoms with Gasteiger partial charge in [-0.05, 0) is 43.7 Å². The summed E-state index contributed by atoms with van der Waals surface area (Å²) in [6, 6.07) is 5.27. The van der Waals surface area contributed by atoms with E-state index in [1.54, 1.807) is 30.3 Å². The van der Waals surface area contributed by atoms with Crippen molar-refractivity contribution in [3.63, 3.8) is 0 Å². The molecule has 0 saturated carbocycles. The number of amides is 2. The number of hydrogen-bond acceptors (Lipinski definition) is 6. The summed E-state index contributed by atoms with van der Waals surface area (Å²) in [6.07, 6.45) is 3.95. The molecule has 1 spiro atoms. The van der Waals surface area contributed by atoms with Crippen molar-refractivity contribution >= 4 is 35.1 Å². The van der Waals surface area contributed by atoms with E-state index >= 15 is 0 Å². The summed E-state index contributed by atoms with van der Waals surface area (Å²) >= 11 is 6.53. The molecular weight excluding hydrogens is 520 g/mol. The molecule has 3 aliphatic heterocycles. The zero-order valence-corrected chi connectivity index (χ0v) is 23.9. The lowest BCUT2D eigenvalue weighted by Crippen LogP contribution is -2.59. The molecule has 3 fully saturated rings. The smallest absolute Gasteiger partial charge is 0.313 e. The van der Waals surface area contributed by atoms with Crippen LogP contribution in [-0.4, -0.2) is 70.8 Å². The highest BCUT2D eigenvalue weighted by atomic mass is 35.5. The average molecular weight is 559 g/mol. The van der Waals surface area contributed by atoms with Crippen molar-refractivity contribution in [2.24, 2.45) is 23.7 Å². The van der Waals surface area contributed by atoms with Crippen molar-refractivity contribution < 1.29 is 29.0 Å². The maximum Gasteiger partial charge on any atom is 0.313 e. The number of anilines is 1. The SMILES string of the molecule is C=CCOC(=O)[C@@H]1[C@H]2C(=O)N([C@@H](CO)CC(C)C)C(C(=O)N(CC=C)c3ccccc3Cl)C23CC(C)[C@@]1(C)O3. The van der Waals surface area contributed by atoms with E-state index in [4.69, 9.17) is 21.1 Å². The number of hydrogen-bond donors (Lipinski definition) is 1. The zero-order chi connectivity index (χ0) is 28.7. The van der Waals surface area contributed by atoms with Crippen LogP contribution >= 0.6 is 11.6 Å². The van der Waals surface area contributed by atoms with E-state index in [1.165, 1.54) is 15.9 Å². The van der Waals surface area contributed by atoms with Gasteiger partial charge in [-0.2, -0.15) is 0 Å². The monoisotopic (exact) mass is 558 g/mol. The molecule has 2 amide bonds. The van der Waals surface area contributed by atoms with Crippen molar-refractivity contribution in [1.29, 1.82) is 0 Å². The Balaban J connectivity index is 1.89. The molecule has 8 nitrogen and oxygen atoms in total. The maximum absolute atomic E-state index is 14.7. The van der Waals surface area contributed by atoms with Gasteiger partial charge in [-0.25, -0.2) is 0 Å². The fourth-order valence-corrected chi connectivity index (χ4v) is 7.25. The molecule has 3 saturated heterocycles. The first-order valence-electron chi connectivity index (χ1n) is 13.6. The van der Waals surface area contributed by atoms with Crippen LogP contribution in [-0.2, 0) is 23.9 Å². The van der Waals surface area contributed by atoms with E-state index in [2.05, 4.69) is 13.2 Å². The Morgan fingerprint density at radius 1 is 1.31 bits per heavy atom. The summed E-state index contributed by atoms with van der Waals surface area (Å²) < 4.78 is 12.2. The van der Waals surface area contributed by atoms with Gasteiger partial charge >= 0.3 is 5.97 Å². The molecule has 7 atom stereocenters. The average Bonchev–Trinajstić information content (AvgIpc) is 3.41. The lowest BCUT2D eigenvalue weighted by atomic mass is 9.62. The second-order valence-electron chi connectivity index (χ2n) is 11.5. The molecule has 212 valence electrons. The van der Waals surface area contributed by atoms with Gasteiger partial charge in [0.05, 0.1) is 34.9 Å². The number of likely N-dealkylation sites (tertiary alicyclic amines) is 1. The number of nitrogens with zero attached hydrogens (tertiary/aromatic N) is 2. The largest absolute Gasteiger partial charge is 0.461 e. The van der Waals surface area contributed by atoms with E-state index in [0.29, 0.717) is 23.6 Å². The minimum absolute atomic E-state index is 0.00596. The standard InChI is InChI=1S/C30H39ClN2O6/c1-7-13-32(22-12-10-9-11-21(22)31)27(36)25-30-16-19(5)29(6,39-30)24(28(37)38-14-8-2)23(30)26(35)33(25)20(17-34)15-18(3)4/h7-12,18-20,23-25,34H,1-2,13-17H2,3-6H3/t19?,20-,23+,24+,25?,29-,30?/m1/s1. The molecule has 1 aromatic rings. The number of ether oxygens (including phenoxy) is 2. The fourth-order valence-electron chi connectivity index (χ4n) is 7.01. The molecule has 3 unspecified atom stereocenters. The highest BCUT2D eigenvalue weighted by Crippen LogP contribution is 2.66. The predicted octanol–water partition coefficient (Wildman–Crippen LogP) is 4.01. The van der Waals surface area contributed by atoms with Crippen molar-refractivity contribution in [2.75, 3.05) is 24.7 Å². The molecule has 3 heterocycles. The Kier molecular flexibility index (Phi) is 8.31. The van der Waals surface area contributed by atoms with Crippen LogP contribution in [0.15, 0.2) is 49.6 Å². The van der Waals surface area contributed by atoms with Gasteiger partial charge in [-0.15, -0.1) is 6.58 Å². The van der Waals surface area contributed by atoms with Crippen LogP contribution in [0, 0.1) is 23.7 Å². The number of fused-ring (bicyclic) bond motifs is 1. The van der Waals surface area contributed by atoms with Gasteiger partial charge in [0.25, 0.3) is 5.91 Å². The van der Waals surface area contributed by atoms with Crippen LogP contribution in [0.2, 0.25) is 5.02 Å². The number of halogens is 1. The number of aliphatic hydroxyl groups is 1. The first-order valence-corrected chi connectivity index (χ1v) is 13.9. The Morgan fingerprint density at radius 3 is 2.59 bits per heavy atom. The van der Waals surface area contributed by atoms with E-state index in [1.807, 2.05) is 27.7 Å². The maximum atomic E-state index is 14.7. The third-order valence-electron chi connectivity index (χ3n) is 8.65. The van der Waals surface area contributed by atoms with Gasteiger partial charge in [-0.3, -0.25) is 14.4 Å². The first-order chi connectivity index (χ1) is 18.5. The van der Waals surface area contributed by atoms with Gasteiger partial charge in [-0.1, -0.05) is 63.2 Å². The lowest BCUT2D eigenvalue weighted by Gasteiger charge is -2.40. The summed E-state index contributed by atoms with van der Waals surface area (Å²) in [7, 11) is 0. The van der Waals surface area contributed by atoms with Crippen molar-refractivity contribution in [2.45, 2.75) is 63.8 Å². The second kappa shape index (κ2) is 11.1. The zero-order valence-electron chi connectivity index (χ0n) is 23.1. The molecule has 1 N–H and O–H groups in total. The van der Waals surface area contributed by atoms with E-state index in [0.717, 1.165) is 0 Å². The van der Waals surface area contributed by atoms with Crippen LogP contribution in [0.1, 0.15) is 40.5 Å². The van der Waals surface area contributed by atoms with Gasteiger partial charge in [0.1, 0.15) is 24.2 Å². The predicted molar refractivity (Wildman–Crippen MR) is 149 cm³/mol. The van der Waals surface area contributed by atoms with Crippen LogP contribution in [0.25, 0.3) is 0 Å². The molecule has 3 aliphatic rings. The van der Waals surface area contributed by atoms with Crippen molar-refractivity contribution in [3.05, 3.63) is 54.6 Å². The Hall–Kier alpha value is -2.68. The van der Waals surface area contributed by atoms with Gasteiger partial charge in [0.2, 0.25) is 5.91 Å². The number of rotatable bonds is 11. The summed E-state index contributed by atoms with van der Waals surface area (Å²) in [5.74, 6) is -3.14. The summed E-state index contributed by atoms with van der Waals surface area (Å²) in [6.45, 7) is 15.1. The first kappa shape index (κ1) is 29.3. The molecule has 0 aromatic heterocycles. The number of benzene rings is 1. The second-order valence-corrected chi connectivity index (χ2v) is 11.9. The van der Waals surface area contributed by atoms with Gasteiger partial charge in [0.15, 0.2) is 0 Å². The fraction of sp³-hybridized carbons (Fsp3) is 0.567. The molecule has 2 bridgehead atoms. The Labute approximate surface area is 235 Å². The summed E-state index contributed by atoms with van der Waals surface area (Å²) in [4.78, 5) is 45.5. The number of aliphatic hydroxyl groups excluding tert-OH is 1. The van der Waals surface area contributed by atoms with E-state index < -0.39 is 47.0 Å². The summed E-state index contributed by atoms with van der Waals surface area (Å²) in [5.41, 5.74) is -1.79. The third-order valence-corrected chi connectivity index (χ3v) is 8.97. The van der Waals surface area contributed by atoms with E-state index in [-0.39, 0.29) is 37.5 Å². The van der Waals surface area contributed by atoms with Crippen LogP contribution < -0.4 is 4.90 Å². The number of para-hydroxylation sites is 1. The molecule has 0 radical (unpaired) electrons. The Morgan fingerprint density at radius 2 is 2.00 bits per heavy atom. The van der Waals surface area contributed by atoms with Crippen LogP contribution in [0.3, 0.4) is 0 Å². The van der Waals surface area contributed by atoms with Crippen molar-refractivity contribution in [1.82, 2.24) is 4.90 Å². The number of carbonyl (C=O) groups is 3. The third kappa shape index (κ3) is 4.60. The van der Waals surface area contributed by atoms with Gasteiger partial charge in [0, 0.05) is 6.54 Å². The molecule has 0 aliphatic carbocycles. The molecular formula is C30H39ClN2O6. The number of esters is 1. The molecule has 9 heteroatoms. The highest BCUT2D eigenvalue weighted by molar-refractivity contribution is 6.34. The minimum Gasteiger partial charge on any atom is -0.461 e. The molecule has 4 rings (SSSR count). The number of carbonyl (C=O) groups excluding carboxylic acids is 3. The molecule has 39 heavy (non-hydrogen) atoms. The quantitative estimate of drug-likeness (QED) is 0.326. The van der Waals surface area contributed by atoms with Crippen molar-refractivity contribution in [3.8, 4) is 0 Å². The Bertz CT molecular complexity index is 1160. The van der Waals surface area contributed by atoms with Gasteiger partial charge < -0.3 is 24.4 Å². The molecule has 1 aromatic carbocycles. The highest BCUT2D eigenvalue weighted by Gasteiger charge is 2.80. The normalized spacial score (nSPS) is 31.8. The minimum atomic E-state index is -1.27. The topological polar surface area (TPSA) is 96.4 Å². The van der Waals surface area contributed by atoms with Crippen LogP contribution in [0.4, 0.5) is 5.69 Å². The lowest BCUT2D eigenvalue weighted by molar-refractivity contribution is -0.161.